The maximum absolute atomic E-state index is 5.28. The van der Waals surface area contributed by atoms with Gasteiger partial charge in [-0.05, 0) is 18.2 Å². The Kier molecular flexibility index (Phi) is 2.64. The van der Waals surface area contributed by atoms with Crippen LogP contribution in [-0.2, 0) is 0 Å². The molecule has 2 aromatic heterocycles. The van der Waals surface area contributed by atoms with E-state index in [1.165, 1.54) is 11.3 Å². The molecule has 0 saturated carbocycles. The number of hydrogen-bond acceptors (Lipinski definition) is 5. The van der Waals surface area contributed by atoms with Gasteiger partial charge in [0.1, 0.15) is 5.01 Å². The van der Waals surface area contributed by atoms with Crippen LogP contribution in [0, 0.1) is 0 Å². The zero-order valence-corrected chi connectivity index (χ0v) is 10.8. The number of hydrogen-bond donors (Lipinski definition) is 0. The highest BCUT2D eigenvalue weighted by molar-refractivity contribution is 7.19. The van der Waals surface area contributed by atoms with Crippen LogP contribution in [0.1, 0.15) is 0 Å². The first kappa shape index (κ1) is 11.0. The quantitative estimate of drug-likeness (QED) is 0.726. The Labute approximate surface area is 108 Å². The summed E-state index contributed by atoms with van der Waals surface area (Å²) in [5, 5.41) is 5.35. The van der Waals surface area contributed by atoms with Gasteiger partial charge in [-0.15, -0.1) is 0 Å². The average Bonchev–Trinajstić information content (AvgIpc) is 2.98. The minimum atomic E-state index is 0.697. The fourth-order valence-corrected chi connectivity index (χ4v) is 2.58. The summed E-state index contributed by atoms with van der Waals surface area (Å²) in [6.07, 6.45) is 3.56. The van der Waals surface area contributed by atoms with Crippen molar-refractivity contribution in [3.8, 4) is 22.1 Å². The van der Waals surface area contributed by atoms with Gasteiger partial charge in [-0.1, -0.05) is 11.3 Å². The Bertz CT molecular complexity index is 661. The predicted molar refractivity (Wildman–Crippen MR) is 69.4 cm³/mol. The molecule has 0 fully saturated rings. The van der Waals surface area contributed by atoms with Gasteiger partial charge in [0.2, 0.25) is 4.96 Å². The van der Waals surface area contributed by atoms with E-state index in [9.17, 15) is 0 Å². The first-order chi connectivity index (χ1) is 8.81. The molecule has 92 valence electrons. The molecule has 0 radical (unpaired) electrons. The first-order valence-electron chi connectivity index (χ1n) is 5.34. The number of imidazole rings is 1. The summed E-state index contributed by atoms with van der Waals surface area (Å²) in [4.78, 5) is 5.08. The van der Waals surface area contributed by atoms with Crippen LogP contribution in [0.15, 0.2) is 30.6 Å². The second-order valence-electron chi connectivity index (χ2n) is 3.63. The van der Waals surface area contributed by atoms with E-state index in [1.807, 2.05) is 24.4 Å². The summed E-state index contributed by atoms with van der Waals surface area (Å²) < 4.78 is 12.3. The lowest BCUT2D eigenvalue weighted by Crippen LogP contribution is -1.91. The normalized spacial score (nSPS) is 10.8. The molecule has 0 saturated heterocycles. The van der Waals surface area contributed by atoms with Crippen molar-refractivity contribution in [1.82, 2.24) is 14.6 Å². The topological polar surface area (TPSA) is 48.7 Å². The molecular formula is C12H11N3O2S. The van der Waals surface area contributed by atoms with Crippen LogP contribution in [0.5, 0.6) is 11.5 Å². The highest BCUT2D eigenvalue weighted by Crippen LogP contribution is 2.33. The molecular weight excluding hydrogens is 250 g/mol. The van der Waals surface area contributed by atoms with Crippen molar-refractivity contribution in [2.24, 2.45) is 0 Å². The SMILES string of the molecule is COc1ccc(-c2nn3ccnc3s2)cc1OC. The van der Waals surface area contributed by atoms with Crippen molar-refractivity contribution in [3.63, 3.8) is 0 Å². The van der Waals surface area contributed by atoms with E-state index in [-0.39, 0.29) is 0 Å². The second-order valence-corrected chi connectivity index (χ2v) is 4.59. The first-order valence-corrected chi connectivity index (χ1v) is 6.16. The molecule has 0 unspecified atom stereocenters. The van der Waals surface area contributed by atoms with Crippen molar-refractivity contribution in [3.05, 3.63) is 30.6 Å². The van der Waals surface area contributed by atoms with Gasteiger partial charge in [-0.3, -0.25) is 0 Å². The molecule has 3 rings (SSSR count). The molecule has 0 aliphatic rings. The monoisotopic (exact) mass is 261 g/mol. The van der Waals surface area contributed by atoms with Gasteiger partial charge in [0.25, 0.3) is 0 Å². The van der Waals surface area contributed by atoms with E-state index < -0.39 is 0 Å². The van der Waals surface area contributed by atoms with Crippen LogP contribution in [0.25, 0.3) is 15.5 Å². The number of fused-ring (bicyclic) bond motifs is 1. The molecule has 1 aromatic carbocycles. The van der Waals surface area contributed by atoms with Crippen molar-refractivity contribution < 1.29 is 9.47 Å². The van der Waals surface area contributed by atoms with Gasteiger partial charge in [0, 0.05) is 11.8 Å². The van der Waals surface area contributed by atoms with Crippen LogP contribution in [0.3, 0.4) is 0 Å². The van der Waals surface area contributed by atoms with Gasteiger partial charge in [0.15, 0.2) is 11.5 Å². The number of ether oxygens (including phenoxy) is 2. The maximum Gasteiger partial charge on any atom is 0.212 e. The Morgan fingerprint density at radius 2 is 2.00 bits per heavy atom. The lowest BCUT2D eigenvalue weighted by Gasteiger charge is -2.07. The van der Waals surface area contributed by atoms with Crippen molar-refractivity contribution >= 4 is 16.3 Å². The molecule has 2 heterocycles. The van der Waals surface area contributed by atoms with Gasteiger partial charge in [0.05, 0.1) is 20.4 Å². The highest BCUT2D eigenvalue weighted by atomic mass is 32.1. The summed E-state index contributed by atoms with van der Waals surface area (Å²) >= 11 is 1.53. The molecule has 0 N–H and O–H groups in total. The summed E-state index contributed by atoms with van der Waals surface area (Å²) in [5.41, 5.74) is 0.989. The Hall–Kier alpha value is -2.08. The third-order valence-corrected chi connectivity index (χ3v) is 3.59. The number of benzene rings is 1. The van der Waals surface area contributed by atoms with E-state index >= 15 is 0 Å². The number of methoxy groups -OCH3 is 2. The zero-order valence-electron chi connectivity index (χ0n) is 9.95. The fraction of sp³-hybridized carbons (Fsp3) is 0.167. The molecule has 0 bridgehead atoms. The van der Waals surface area contributed by atoms with E-state index in [2.05, 4.69) is 10.1 Å². The van der Waals surface area contributed by atoms with Crippen LogP contribution in [0.2, 0.25) is 0 Å². The summed E-state index contributed by atoms with van der Waals surface area (Å²) in [7, 11) is 3.24. The van der Waals surface area contributed by atoms with Crippen molar-refractivity contribution in [2.45, 2.75) is 0 Å². The van der Waals surface area contributed by atoms with Crippen molar-refractivity contribution in [1.29, 1.82) is 0 Å². The molecule has 3 aromatic rings. The number of nitrogens with zero attached hydrogens (tertiary/aromatic N) is 3. The molecule has 6 heteroatoms. The molecule has 0 spiro atoms. The molecule has 0 aliphatic heterocycles. The Morgan fingerprint density at radius 3 is 2.72 bits per heavy atom. The third kappa shape index (κ3) is 1.70. The van der Waals surface area contributed by atoms with Crippen LogP contribution in [0.4, 0.5) is 0 Å². The molecule has 0 atom stereocenters. The minimum Gasteiger partial charge on any atom is -0.493 e. The predicted octanol–water partition coefficient (Wildman–Crippen LogP) is 2.48. The lowest BCUT2D eigenvalue weighted by molar-refractivity contribution is 0.355. The maximum atomic E-state index is 5.28. The molecule has 0 aliphatic carbocycles. The van der Waals surface area contributed by atoms with E-state index in [0.717, 1.165) is 15.5 Å². The Morgan fingerprint density at radius 1 is 1.17 bits per heavy atom. The van der Waals surface area contributed by atoms with E-state index in [4.69, 9.17) is 9.47 Å². The van der Waals surface area contributed by atoms with Gasteiger partial charge in [-0.25, -0.2) is 9.50 Å². The van der Waals surface area contributed by atoms with Gasteiger partial charge < -0.3 is 9.47 Å². The van der Waals surface area contributed by atoms with Crippen LogP contribution >= 0.6 is 11.3 Å². The second kappa shape index (κ2) is 4.30. The van der Waals surface area contributed by atoms with Crippen molar-refractivity contribution in [2.75, 3.05) is 14.2 Å². The lowest BCUT2D eigenvalue weighted by atomic mass is 10.2. The van der Waals surface area contributed by atoms with Crippen LogP contribution < -0.4 is 9.47 Å². The van der Waals surface area contributed by atoms with E-state index in [0.29, 0.717) is 11.5 Å². The van der Waals surface area contributed by atoms with Gasteiger partial charge in [-0.2, -0.15) is 5.10 Å². The molecule has 0 amide bonds. The zero-order chi connectivity index (χ0) is 12.5. The minimum absolute atomic E-state index is 0.697. The standard InChI is InChI=1S/C12H11N3O2S/c1-16-9-4-3-8(7-10(9)17-2)11-14-15-6-5-13-12(15)18-11/h3-7H,1-2H3. The van der Waals surface area contributed by atoms with Crippen LogP contribution in [-0.4, -0.2) is 28.8 Å². The summed E-state index contributed by atoms with van der Waals surface area (Å²) in [6, 6.07) is 5.75. The summed E-state index contributed by atoms with van der Waals surface area (Å²) in [5.74, 6) is 1.41. The number of rotatable bonds is 3. The fourth-order valence-electron chi connectivity index (χ4n) is 1.72. The molecule has 5 nitrogen and oxygen atoms in total. The highest BCUT2D eigenvalue weighted by Gasteiger charge is 2.10. The average molecular weight is 261 g/mol. The third-order valence-electron chi connectivity index (χ3n) is 2.61. The smallest absolute Gasteiger partial charge is 0.212 e. The Balaban J connectivity index is 2.08. The summed E-state index contributed by atoms with van der Waals surface area (Å²) in [6.45, 7) is 0. The van der Waals surface area contributed by atoms with E-state index in [1.54, 1.807) is 24.9 Å². The largest absolute Gasteiger partial charge is 0.493 e. The number of aromatic nitrogens is 3. The van der Waals surface area contributed by atoms with Gasteiger partial charge >= 0.3 is 0 Å². The molecule has 18 heavy (non-hydrogen) atoms.